The number of rotatable bonds is 4. The van der Waals surface area contributed by atoms with Crippen LogP contribution in [0.15, 0.2) is 30.3 Å². The molecule has 21 heavy (non-hydrogen) atoms. The zero-order valence-corrected chi connectivity index (χ0v) is 13.5. The topological polar surface area (TPSA) is 30.0 Å². The Morgan fingerprint density at radius 1 is 1.14 bits per heavy atom. The van der Waals surface area contributed by atoms with Crippen LogP contribution in [-0.2, 0) is 11.8 Å². The maximum Gasteiger partial charge on any atom is 0.174 e. The summed E-state index contributed by atoms with van der Waals surface area (Å²) in [6.07, 6.45) is 4.61. The molecule has 0 spiro atoms. The van der Waals surface area contributed by atoms with Crippen molar-refractivity contribution in [2.24, 2.45) is 0 Å². The molecule has 1 aromatic carbocycles. The molecule has 0 aliphatic heterocycles. The predicted molar refractivity (Wildman–Crippen MR) is 87.2 cm³/mol. The number of hydrogen-bond acceptors (Lipinski definition) is 3. The average molecular weight is 299 g/mol. The molecule has 0 saturated carbocycles. The van der Waals surface area contributed by atoms with E-state index in [0.29, 0.717) is 6.42 Å². The standard InChI is InChI=1S/C18H21NOS/c1-3-18(4-2,13-9-6-5-7-10-13)17-19-14-11-8-12-15(20)16(14)21-17/h5-7,9-10H,3-4,8,11-12H2,1-2H3. The van der Waals surface area contributed by atoms with E-state index in [9.17, 15) is 4.79 Å². The summed E-state index contributed by atoms with van der Waals surface area (Å²) in [4.78, 5) is 17.9. The van der Waals surface area contributed by atoms with Crippen molar-refractivity contribution in [2.45, 2.75) is 51.4 Å². The number of nitrogens with zero attached hydrogens (tertiary/aromatic N) is 1. The molecule has 1 heterocycles. The summed E-state index contributed by atoms with van der Waals surface area (Å²) >= 11 is 1.63. The molecule has 0 radical (unpaired) electrons. The molecule has 110 valence electrons. The van der Waals surface area contributed by atoms with Gasteiger partial charge in [-0.3, -0.25) is 4.79 Å². The van der Waals surface area contributed by atoms with E-state index >= 15 is 0 Å². The summed E-state index contributed by atoms with van der Waals surface area (Å²) in [5.74, 6) is 0.286. The molecule has 0 atom stereocenters. The third kappa shape index (κ3) is 2.34. The van der Waals surface area contributed by atoms with Gasteiger partial charge in [0.2, 0.25) is 0 Å². The second-order valence-electron chi connectivity index (χ2n) is 5.73. The van der Waals surface area contributed by atoms with Gasteiger partial charge in [0.1, 0.15) is 5.01 Å². The lowest BCUT2D eigenvalue weighted by atomic mass is 9.76. The Labute approximate surface area is 130 Å². The summed E-state index contributed by atoms with van der Waals surface area (Å²) in [7, 11) is 0. The van der Waals surface area contributed by atoms with E-state index in [-0.39, 0.29) is 11.2 Å². The largest absolute Gasteiger partial charge is 0.293 e. The van der Waals surface area contributed by atoms with Crippen molar-refractivity contribution >= 4 is 17.1 Å². The Morgan fingerprint density at radius 3 is 2.48 bits per heavy atom. The fourth-order valence-corrected chi connectivity index (χ4v) is 4.75. The van der Waals surface area contributed by atoms with E-state index in [1.165, 1.54) is 5.56 Å². The lowest BCUT2D eigenvalue weighted by Crippen LogP contribution is -2.25. The molecule has 0 amide bonds. The van der Waals surface area contributed by atoms with Crippen LogP contribution in [-0.4, -0.2) is 10.8 Å². The lowest BCUT2D eigenvalue weighted by Gasteiger charge is -2.30. The third-order valence-corrected chi connectivity index (χ3v) is 6.05. The van der Waals surface area contributed by atoms with Gasteiger partial charge in [0, 0.05) is 11.8 Å². The van der Waals surface area contributed by atoms with E-state index in [1.54, 1.807) is 11.3 Å². The van der Waals surface area contributed by atoms with Crippen LogP contribution in [0.1, 0.15) is 65.5 Å². The Kier molecular flexibility index (Phi) is 3.94. The van der Waals surface area contributed by atoms with Crippen molar-refractivity contribution in [3.63, 3.8) is 0 Å². The van der Waals surface area contributed by atoms with Crippen LogP contribution in [0, 0.1) is 0 Å². The molecule has 3 rings (SSSR count). The maximum absolute atomic E-state index is 12.1. The number of ketones is 1. The van der Waals surface area contributed by atoms with Gasteiger partial charge in [-0.2, -0.15) is 0 Å². The zero-order chi connectivity index (χ0) is 14.9. The van der Waals surface area contributed by atoms with Crippen molar-refractivity contribution in [1.82, 2.24) is 4.98 Å². The zero-order valence-electron chi connectivity index (χ0n) is 12.7. The minimum atomic E-state index is -0.0520. The van der Waals surface area contributed by atoms with E-state index in [4.69, 9.17) is 4.98 Å². The van der Waals surface area contributed by atoms with Gasteiger partial charge in [0.15, 0.2) is 5.78 Å². The Balaban J connectivity index is 2.12. The van der Waals surface area contributed by atoms with Crippen LogP contribution < -0.4 is 0 Å². The summed E-state index contributed by atoms with van der Waals surface area (Å²) in [6.45, 7) is 4.44. The van der Waals surface area contributed by atoms with Crippen molar-refractivity contribution in [3.8, 4) is 0 Å². The fourth-order valence-electron chi connectivity index (χ4n) is 3.32. The van der Waals surface area contributed by atoms with Gasteiger partial charge in [-0.1, -0.05) is 44.2 Å². The highest BCUT2D eigenvalue weighted by atomic mass is 32.1. The predicted octanol–water partition coefficient (Wildman–Crippen LogP) is 4.77. The van der Waals surface area contributed by atoms with Gasteiger partial charge in [-0.15, -0.1) is 11.3 Å². The highest BCUT2D eigenvalue weighted by molar-refractivity contribution is 7.14. The normalized spacial score (nSPS) is 15.0. The Morgan fingerprint density at radius 2 is 1.86 bits per heavy atom. The van der Waals surface area contributed by atoms with Gasteiger partial charge < -0.3 is 0 Å². The number of benzene rings is 1. The molecule has 0 unspecified atom stereocenters. The summed E-state index contributed by atoms with van der Waals surface area (Å²) in [5, 5.41) is 1.12. The van der Waals surface area contributed by atoms with E-state index in [1.807, 2.05) is 0 Å². The van der Waals surface area contributed by atoms with Gasteiger partial charge in [-0.05, 0) is 31.2 Å². The number of fused-ring (bicyclic) bond motifs is 1. The second-order valence-corrected chi connectivity index (χ2v) is 6.73. The van der Waals surface area contributed by atoms with Gasteiger partial charge in [0.25, 0.3) is 0 Å². The molecular formula is C18H21NOS. The van der Waals surface area contributed by atoms with Crippen molar-refractivity contribution in [3.05, 3.63) is 51.5 Å². The quantitative estimate of drug-likeness (QED) is 0.814. The molecule has 1 aliphatic carbocycles. The molecule has 0 saturated heterocycles. The third-order valence-electron chi connectivity index (χ3n) is 4.71. The Hall–Kier alpha value is -1.48. The number of carbonyl (C=O) groups excluding carboxylic acids is 1. The van der Waals surface area contributed by atoms with Crippen LogP contribution in [0.3, 0.4) is 0 Å². The highest BCUT2D eigenvalue weighted by Crippen LogP contribution is 2.42. The van der Waals surface area contributed by atoms with Gasteiger partial charge in [0.05, 0.1) is 10.6 Å². The lowest BCUT2D eigenvalue weighted by molar-refractivity contribution is 0.0976. The average Bonchev–Trinajstić information content (AvgIpc) is 2.96. The molecule has 2 aromatic rings. The highest BCUT2D eigenvalue weighted by Gasteiger charge is 2.36. The summed E-state index contributed by atoms with van der Waals surface area (Å²) in [6, 6.07) is 10.6. The number of carbonyl (C=O) groups is 1. The molecule has 1 aliphatic rings. The SMILES string of the molecule is CCC(CC)(c1ccccc1)c1nc2c(s1)C(=O)CCC2. The van der Waals surface area contributed by atoms with Crippen LogP contribution in [0.5, 0.6) is 0 Å². The van der Waals surface area contributed by atoms with Crippen LogP contribution in [0.4, 0.5) is 0 Å². The smallest absolute Gasteiger partial charge is 0.174 e. The first-order valence-corrected chi connectivity index (χ1v) is 8.62. The van der Waals surface area contributed by atoms with E-state index in [2.05, 4.69) is 44.2 Å². The van der Waals surface area contributed by atoms with Crippen LogP contribution in [0.2, 0.25) is 0 Å². The minimum Gasteiger partial charge on any atom is -0.293 e. The van der Waals surface area contributed by atoms with Crippen molar-refractivity contribution in [2.75, 3.05) is 0 Å². The number of hydrogen-bond donors (Lipinski definition) is 0. The summed E-state index contributed by atoms with van der Waals surface area (Å²) in [5.41, 5.74) is 2.30. The van der Waals surface area contributed by atoms with Crippen LogP contribution >= 0.6 is 11.3 Å². The molecule has 0 N–H and O–H groups in total. The summed E-state index contributed by atoms with van der Waals surface area (Å²) < 4.78 is 0. The molecule has 0 fully saturated rings. The minimum absolute atomic E-state index is 0.0520. The maximum atomic E-state index is 12.1. The van der Waals surface area contributed by atoms with Crippen molar-refractivity contribution in [1.29, 1.82) is 0 Å². The number of Topliss-reactive ketones (excluding diaryl/α,β-unsaturated/α-hetero) is 1. The van der Waals surface area contributed by atoms with Crippen LogP contribution in [0.25, 0.3) is 0 Å². The first kappa shape index (κ1) is 14.5. The molecule has 2 nitrogen and oxygen atoms in total. The van der Waals surface area contributed by atoms with E-state index < -0.39 is 0 Å². The number of aromatic nitrogens is 1. The fraction of sp³-hybridized carbons (Fsp3) is 0.444. The number of aryl methyl sites for hydroxylation is 1. The van der Waals surface area contributed by atoms with Crippen molar-refractivity contribution < 1.29 is 4.79 Å². The second kappa shape index (κ2) is 5.72. The molecule has 1 aromatic heterocycles. The molecule has 3 heteroatoms. The molecule has 0 bridgehead atoms. The number of thiazole rings is 1. The Bertz CT molecular complexity index is 640. The molecular weight excluding hydrogens is 278 g/mol. The van der Waals surface area contributed by atoms with E-state index in [0.717, 1.165) is 41.3 Å². The van der Waals surface area contributed by atoms with Gasteiger partial charge >= 0.3 is 0 Å². The monoisotopic (exact) mass is 299 g/mol. The first-order chi connectivity index (χ1) is 10.2. The van der Waals surface area contributed by atoms with Gasteiger partial charge in [-0.25, -0.2) is 4.98 Å². The first-order valence-electron chi connectivity index (χ1n) is 7.80.